The fraction of sp³-hybridized carbons (Fsp3) is 0.562. The van der Waals surface area contributed by atoms with Crippen LogP contribution in [-0.2, 0) is 16.6 Å². The Morgan fingerprint density at radius 2 is 1.94 bits per heavy atom. The molecule has 1 aromatic carbocycles. The minimum absolute atomic E-state index is 0.190. The zero-order valence-electron chi connectivity index (χ0n) is 12.3. The van der Waals surface area contributed by atoms with Crippen molar-refractivity contribution in [3.05, 3.63) is 34.9 Å². The van der Waals surface area contributed by atoms with Crippen molar-refractivity contribution in [3.63, 3.8) is 0 Å². The van der Waals surface area contributed by atoms with Gasteiger partial charge in [0.2, 0.25) is 0 Å². The van der Waals surface area contributed by atoms with Gasteiger partial charge >= 0.3 is 0 Å². The van der Waals surface area contributed by atoms with Gasteiger partial charge in [0.05, 0.1) is 6.54 Å². The smallest absolute Gasteiger partial charge is 0.143 e. The van der Waals surface area contributed by atoms with Gasteiger partial charge in [-0.15, -0.1) is 0 Å². The van der Waals surface area contributed by atoms with Crippen LogP contribution >= 0.6 is 0 Å². The molecule has 0 saturated carbocycles. The van der Waals surface area contributed by atoms with Gasteiger partial charge in [-0.25, -0.2) is 0 Å². The van der Waals surface area contributed by atoms with Crippen molar-refractivity contribution in [3.8, 4) is 0 Å². The second-order valence-corrected chi connectivity index (χ2v) is 6.02. The molecule has 18 heavy (non-hydrogen) atoms. The first-order valence-electron chi connectivity index (χ1n) is 6.61. The van der Waals surface area contributed by atoms with Crippen molar-refractivity contribution >= 4 is 5.78 Å². The van der Waals surface area contributed by atoms with Crippen LogP contribution in [0.1, 0.15) is 44.4 Å². The standard InChI is InChI=1S/C16H25NO/c1-12-6-7-15(16(3,4)5)10-14(12)8-9-17-11-13(2)18/h6-7,10,17H,8-9,11H2,1-5H3. The Bertz CT molecular complexity index is 416. The van der Waals surface area contributed by atoms with Crippen LogP contribution in [0.15, 0.2) is 18.2 Å². The summed E-state index contributed by atoms with van der Waals surface area (Å²) in [7, 11) is 0. The number of carbonyl (C=O) groups excluding carboxylic acids is 1. The molecule has 0 aliphatic heterocycles. The Balaban J connectivity index is 2.67. The molecule has 0 aromatic heterocycles. The van der Waals surface area contributed by atoms with Crippen LogP contribution in [0.5, 0.6) is 0 Å². The molecular formula is C16H25NO. The van der Waals surface area contributed by atoms with E-state index in [1.165, 1.54) is 16.7 Å². The Hall–Kier alpha value is -1.15. The SMILES string of the molecule is CC(=O)CNCCc1cc(C(C)(C)C)ccc1C. The molecular weight excluding hydrogens is 222 g/mol. The second-order valence-electron chi connectivity index (χ2n) is 6.02. The van der Waals surface area contributed by atoms with Crippen LogP contribution in [0.3, 0.4) is 0 Å². The van der Waals surface area contributed by atoms with E-state index < -0.39 is 0 Å². The number of benzene rings is 1. The molecule has 100 valence electrons. The van der Waals surface area contributed by atoms with E-state index in [1.54, 1.807) is 6.92 Å². The number of hydrogen-bond acceptors (Lipinski definition) is 2. The Kier molecular flexibility index (Phi) is 5.09. The summed E-state index contributed by atoms with van der Waals surface area (Å²) in [5, 5.41) is 3.17. The summed E-state index contributed by atoms with van der Waals surface area (Å²) in [4.78, 5) is 10.8. The van der Waals surface area contributed by atoms with E-state index in [0.717, 1.165) is 13.0 Å². The van der Waals surface area contributed by atoms with Crippen LogP contribution in [0.4, 0.5) is 0 Å². The number of ketones is 1. The lowest BCUT2D eigenvalue weighted by atomic mass is 9.85. The van der Waals surface area contributed by atoms with Crippen molar-refractivity contribution in [2.24, 2.45) is 0 Å². The third kappa shape index (κ3) is 4.61. The van der Waals surface area contributed by atoms with Crippen molar-refractivity contribution in [2.75, 3.05) is 13.1 Å². The van der Waals surface area contributed by atoms with Crippen LogP contribution in [0, 0.1) is 6.92 Å². The molecule has 0 aliphatic carbocycles. The number of hydrogen-bond donors (Lipinski definition) is 1. The fourth-order valence-electron chi connectivity index (χ4n) is 1.89. The third-order valence-corrected chi connectivity index (χ3v) is 3.16. The topological polar surface area (TPSA) is 29.1 Å². The lowest BCUT2D eigenvalue weighted by molar-refractivity contribution is -0.116. The van der Waals surface area contributed by atoms with Crippen LogP contribution in [0.25, 0.3) is 0 Å². The number of Topliss-reactive ketones (excluding diaryl/α,β-unsaturated/α-hetero) is 1. The van der Waals surface area contributed by atoms with Crippen LogP contribution in [0.2, 0.25) is 0 Å². The maximum Gasteiger partial charge on any atom is 0.143 e. The monoisotopic (exact) mass is 247 g/mol. The van der Waals surface area contributed by atoms with E-state index in [2.05, 4.69) is 51.2 Å². The van der Waals surface area contributed by atoms with Crippen molar-refractivity contribution in [1.29, 1.82) is 0 Å². The first-order valence-corrected chi connectivity index (χ1v) is 6.61. The molecule has 0 spiro atoms. The van der Waals surface area contributed by atoms with Gasteiger partial charge in [0.15, 0.2) is 0 Å². The molecule has 1 rings (SSSR count). The molecule has 0 radical (unpaired) electrons. The van der Waals surface area contributed by atoms with Crippen molar-refractivity contribution in [2.45, 2.75) is 46.5 Å². The minimum Gasteiger partial charge on any atom is -0.310 e. The average molecular weight is 247 g/mol. The van der Waals surface area contributed by atoms with Gasteiger partial charge in [-0.05, 0) is 48.9 Å². The third-order valence-electron chi connectivity index (χ3n) is 3.16. The highest BCUT2D eigenvalue weighted by atomic mass is 16.1. The average Bonchev–Trinajstić information content (AvgIpc) is 2.24. The summed E-state index contributed by atoms with van der Waals surface area (Å²) >= 11 is 0. The largest absolute Gasteiger partial charge is 0.310 e. The van der Waals surface area contributed by atoms with E-state index in [1.807, 2.05) is 0 Å². The predicted molar refractivity (Wildman–Crippen MR) is 77.1 cm³/mol. The van der Waals surface area contributed by atoms with E-state index in [9.17, 15) is 4.79 Å². The first-order chi connectivity index (χ1) is 8.30. The van der Waals surface area contributed by atoms with Gasteiger partial charge in [0, 0.05) is 0 Å². The number of carbonyl (C=O) groups is 1. The van der Waals surface area contributed by atoms with E-state index in [4.69, 9.17) is 0 Å². The summed E-state index contributed by atoms with van der Waals surface area (Å²) in [6.07, 6.45) is 0.975. The number of nitrogens with one attached hydrogen (secondary N) is 1. The maximum absolute atomic E-state index is 10.8. The zero-order valence-corrected chi connectivity index (χ0v) is 12.3. The Morgan fingerprint density at radius 1 is 1.28 bits per heavy atom. The summed E-state index contributed by atoms with van der Waals surface area (Å²) in [6, 6.07) is 6.70. The Morgan fingerprint density at radius 3 is 2.50 bits per heavy atom. The van der Waals surface area contributed by atoms with Crippen molar-refractivity contribution in [1.82, 2.24) is 5.32 Å². The highest BCUT2D eigenvalue weighted by molar-refractivity contribution is 5.77. The molecule has 0 heterocycles. The predicted octanol–water partition coefficient (Wildman–Crippen LogP) is 3.01. The molecule has 0 amide bonds. The zero-order chi connectivity index (χ0) is 13.8. The van der Waals surface area contributed by atoms with Crippen molar-refractivity contribution < 1.29 is 4.79 Å². The summed E-state index contributed by atoms with van der Waals surface area (Å²) in [5.74, 6) is 0.190. The van der Waals surface area contributed by atoms with Gasteiger partial charge in [-0.3, -0.25) is 4.79 Å². The number of rotatable bonds is 5. The molecule has 1 N–H and O–H groups in total. The van der Waals surface area contributed by atoms with Gasteiger partial charge < -0.3 is 5.32 Å². The molecule has 2 heteroatoms. The molecule has 0 fully saturated rings. The highest BCUT2D eigenvalue weighted by Crippen LogP contribution is 2.24. The second kappa shape index (κ2) is 6.14. The maximum atomic E-state index is 10.8. The number of aryl methyl sites for hydroxylation is 1. The minimum atomic E-state index is 0.190. The van der Waals surface area contributed by atoms with E-state index in [-0.39, 0.29) is 11.2 Å². The molecule has 2 nitrogen and oxygen atoms in total. The lowest BCUT2D eigenvalue weighted by Gasteiger charge is -2.21. The van der Waals surface area contributed by atoms with Gasteiger partial charge in [-0.1, -0.05) is 39.0 Å². The first kappa shape index (κ1) is 14.9. The molecule has 0 aliphatic rings. The molecule has 0 atom stereocenters. The molecule has 1 aromatic rings. The molecule has 0 saturated heterocycles. The quantitative estimate of drug-likeness (QED) is 0.810. The molecule has 0 unspecified atom stereocenters. The summed E-state index contributed by atoms with van der Waals surface area (Å²) in [6.45, 7) is 11.8. The van der Waals surface area contributed by atoms with Gasteiger partial charge in [0.25, 0.3) is 0 Å². The van der Waals surface area contributed by atoms with E-state index >= 15 is 0 Å². The highest BCUT2D eigenvalue weighted by Gasteiger charge is 2.14. The van der Waals surface area contributed by atoms with E-state index in [0.29, 0.717) is 6.54 Å². The molecule has 0 bridgehead atoms. The lowest BCUT2D eigenvalue weighted by Crippen LogP contribution is -2.23. The van der Waals surface area contributed by atoms with Crippen LogP contribution < -0.4 is 5.32 Å². The van der Waals surface area contributed by atoms with Gasteiger partial charge in [-0.2, -0.15) is 0 Å². The normalized spacial score (nSPS) is 11.6. The Labute approximate surface area is 111 Å². The summed E-state index contributed by atoms with van der Waals surface area (Å²) < 4.78 is 0. The van der Waals surface area contributed by atoms with Crippen LogP contribution in [-0.4, -0.2) is 18.9 Å². The summed E-state index contributed by atoms with van der Waals surface area (Å²) in [5.41, 5.74) is 4.26. The van der Waals surface area contributed by atoms with Gasteiger partial charge in [0.1, 0.15) is 5.78 Å². The fourth-order valence-corrected chi connectivity index (χ4v) is 1.89.